The zero-order chi connectivity index (χ0) is 11.6. The maximum Gasteiger partial charge on any atom is -0.0184 e. The number of hydrogen-bond donors (Lipinski definition) is 0. The normalized spacial score (nSPS) is 9.62. The van der Waals surface area contributed by atoms with Crippen LogP contribution in [0.25, 0.3) is 10.8 Å². The van der Waals surface area contributed by atoms with E-state index in [2.05, 4.69) is 62.4 Å². The highest BCUT2D eigenvalue weighted by atomic mass is 13.9. The summed E-state index contributed by atoms with van der Waals surface area (Å²) in [6.07, 6.45) is 5.54. The molecule has 0 saturated heterocycles. The van der Waals surface area contributed by atoms with E-state index in [0.717, 1.165) is 0 Å². The number of fused-ring (bicyclic) bond motifs is 1. The molecule has 0 N–H and O–H groups in total. The van der Waals surface area contributed by atoms with E-state index in [1.54, 1.807) is 0 Å². The lowest BCUT2D eigenvalue weighted by atomic mass is 10.1. The maximum atomic E-state index is 2.23. The van der Waals surface area contributed by atoms with Gasteiger partial charge in [-0.05, 0) is 10.8 Å². The summed E-state index contributed by atoms with van der Waals surface area (Å²) >= 11 is 0. The topological polar surface area (TPSA) is 0 Å². The fourth-order valence-electron chi connectivity index (χ4n) is 1.63. The van der Waals surface area contributed by atoms with Gasteiger partial charge in [0.25, 0.3) is 0 Å². The van der Waals surface area contributed by atoms with Gasteiger partial charge < -0.3 is 0 Å². The molecule has 0 unspecified atom stereocenters. The molecular formula is C16H22. The average Bonchev–Trinajstić information content (AvgIpc) is 2.37. The summed E-state index contributed by atoms with van der Waals surface area (Å²) in [4.78, 5) is 0. The third kappa shape index (κ3) is 4.48. The molecule has 0 heteroatoms. The van der Waals surface area contributed by atoms with Crippen LogP contribution < -0.4 is 0 Å². The van der Waals surface area contributed by atoms with E-state index in [0.29, 0.717) is 0 Å². The summed E-state index contributed by atoms with van der Waals surface area (Å²) in [5.41, 5.74) is 0. The van der Waals surface area contributed by atoms with Gasteiger partial charge in [0, 0.05) is 0 Å². The first kappa shape index (κ1) is 12.8. The first-order valence-corrected chi connectivity index (χ1v) is 6.32. The fraction of sp³-hybridized carbons (Fsp3) is 0.375. The Bertz CT molecular complexity index is 320. The minimum atomic E-state index is 1.31. The smallest absolute Gasteiger partial charge is 0.0184 e. The standard InChI is InChI=1S/C10H8.C6H14/c1-2-6-10-8-4-3-7-9(10)5-1;1-3-5-6-4-2/h1-8H;3-6H2,1-2H3. The third-order valence-corrected chi connectivity index (χ3v) is 2.62. The largest absolute Gasteiger partial charge is 0.0654 e. The SMILES string of the molecule is CCCCCC.c1ccc2ccccc2c1. The average molecular weight is 214 g/mol. The third-order valence-electron chi connectivity index (χ3n) is 2.62. The summed E-state index contributed by atoms with van der Waals surface area (Å²) in [7, 11) is 0. The van der Waals surface area contributed by atoms with Crippen LogP contribution in [0.4, 0.5) is 0 Å². The molecule has 0 aliphatic carbocycles. The van der Waals surface area contributed by atoms with E-state index in [1.807, 2.05) is 0 Å². The Morgan fingerprint density at radius 1 is 0.625 bits per heavy atom. The second-order valence-corrected chi connectivity index (χ2v) is 4.05. The Hall–Kier alpha value is -1.30. The summed E-state index contributed by atoms with van der Waals surface area (Å²) in [6, 6.07) is 16.7. The lowest BCUT2D eigenvalue weighted by Crippen LogP contribution is -1.67. The molecule has 0 nitrogen and oxygen atoms in total. The molecule has 0 heterocycles. The molecule has 86 valence electrons. The highest BCUT2D eigenvalue weighted by molar-refractivity contribution is 5.81. The van der Waals surface area contributed by atoms with Crippen molar-refractivity contribution >= 4 is 10.8 Å². The Labute approximate surface area is 99.3 Å². The van der Waals surface area contributed by atoms with E-state index >= 15 is 0 Å². The molecule has 16 heavy (non-hydrogen) atoms. The van der Waals surface area contributed by atoms with Gasteiger partial charge in [0.1, 0.15) is 0 Å². The van der Waals surface area contributed by atoms with Crippen molar-refractivity contribution in [2.24, 2.45) is 0 Å². The van der Waals surface area contributed by atoms with Crippen LogP contribution in [-0.2, 0) is 0 Å². The second-order valence-electron chi connectivity index (χ2n) is 4.05. The van der Waals surface area contributed by atoms with Crippen molar-refractivity contribution in [3.8, 4) is 0 Å². The highest BCUT2D eigenvalue weighted by Gasteiger charge is 1.85. The quantitative estimate of drug-likeness (QED) is 0.598. The minimum Gasteiger partial charge on any atom is -0.0654 e. The molecule has 0 radical (unpaired) electrons. The molecule has 2 aromatic rings. The summed E-state index contributed by atoms with van der Waals surface area (Å²) in [5, 5.41) is 2.62. The number of hydrogen-bond acceptors (Lipinski definition) is 0. The molecule has 2 aromatic carbocycles. The van der Waals surface area contributed by atoms with E-state index in [-0.39, 0.29) is 0 Å². The van der Waals surface area contributed by atoms with Crippen LogP contribution in [0.5, 0.6) is 0 Å². The van der Waals surface area contributed by atoms with Gasteiger partial charge in [-0.3, -0.25) is 0 Å². The molecule has 0 aromatic heterocycles. The molecule has 0 aliphatic heterocycles. The van der Waals surface area contributed by atoms with Crippen LogP contribution in [0.3, 0.4) is 0 Å². The van der Waals surface area contributed by atoms with Crippen LogP contribution in [-0.4, -0.2) is 0 Å². The zero-order valence-electron chi connectivity index (χ0n) is 10.4. The second kappa shape index (κ2) is 7.92. The minimum absolute atomic E-state index is 1.31. The number of rotatable bonds is 3. The molecule has 0 bridgehead atoms. The monoisotopic (exact) mass is 214 g/mol. The molecule has 0 fully saturated rings. The van der Waals surface area contributed by atoms with Crippen molar-refractivity contribution in [3.05, 3.63) is 48.5 Å². The predicted octanol–water partition coefficient (Wildman–Crippen LogP) is 5.43. The molecule has 0 amide bonds. The van der Waals surface area contributed by atoms with Gasteiger partial charge in [0.05, 0.1) is 0 Å². The van der Waals surface area contributed by atoms with Gasteiger partial charge in [0.2, 0.25) is 0 Å². The van der Waals surface area contributed by atoms with E-state index in [4.69, 9.17) is 0 Å². The van der Waals surface area contributed by atoms with Gasteiger partial charge in [0.15, 0.2) is 0 Å². The zero-order valence-corrected chi connectivity index (χ0v) is 10.4. The van der Waals surface area contributed by atoms with Crippen molar-refractivity contribution in [1.29, 1.82) is 0 Å². The lowest BCUT2D eigenvalue weighted by molar-refractivity contribution is 0.702. The van der Waals surface area contributed by atoms with Crippen LogP contribution >= 0.6 is 0 Å². The van der Waals surface area contributed by atoms with Crippen molar-refractivity contribution in [3.63, 3.8) is 0 Å². The van der Waals surface area contributed by atoms with Crippen molar-refractivity contribution in [2.75, 3.05) is 0 Å². The molecule has 0 aliphatic rings. The Balaban J connectivity index is 0.000000187. The fourth-order valence-corrected chi connectivity index (χ4v) is 1.63. The predicted molar refractivity (Wildman–Crippen MR) is 73.8 cm³/mol. The van der Waals surface area contributed by atoms with Gasteiger partial charge in [-0.2, -0.15) is 0 Å². The van der Waals surface area contributed by atoms with Crippen molar-refractivity contribution in [1.82, 2.24) is 0 Å². The lowest BCUT2D eigenvalue weighted by Gasteiger charge is -1.92. The maximum absolute atomic E-state index is 2.23. The van der Waals surface area contributed by atoms with Crippen molar-refractivity contribution in [2.45, 2.75) is 39.5 Å². The molecule has 2 rings (SSSR count). The summed E-state index contributed by atoms with van der Waals surface area (Å²) < 4.78 is 0. The van der Waals surface area contributed by atoms with Crippen LogP contribution in [0.2, 0.25) is 0 Å². The Morgan fingerprint density at radius 2 is 0.938 bits per heavy atom. The number of benzene rings is 2. The number of unbranched alkanes of at least 4 members (excludes halogenated alkanes) is 3. The first-order chi connectivity index (χ1) is 7.88. The molecular weight excluding hydrogens is 192 g/mol. The van der Waals surface area contributed by atoms with Crippen molar-refractivity contribution < 1.29 is 0 Å². The molecule has 0 spiro atoms. The van der Waals surface area contributed by atoms with Crippen LogP contribution in [0, 0.1) is 0 Å². The van der Waals surface area contributed by atoms with Crippen LogP contribution in [0.15, 0.2) is 48.5 Å². The van der Waals surface area contributed by atoms with E-state index < -0.39 is 0 Å². The van der Waals surface area contributed by atoms with Gasteiger partial charge in [-0.1, -0.05) is 88.1 Å². The van der Waals surface area contributed by atoms with Crippen LogP contribution in [0.1, 0.15) is 39.5 Å². The van der Waals surface area contributed by atoms with Gasteiger partial charge >= 0.3 is 0 Å². The first-order valence-electron chi connectivity index (χ1n) is 6.32. The van der Waals surface area contributed by atoms with Gasteiger partial charge in [-0.25, -0.2) is 0 Å². The highest BCUT2D eigenvalue weighted by Crippen LogP contribution is 2.11. The summed E-state index contributed by atoms with van der Waals surface area (Å²) in [5.74, 6) is 0. The van der Waals surface area contributed by atoms with E-state index in [1.165, 1.54) is 36.5 Å². The molecule has 0 saturated carbocycles. The van der Waals surface area contributed by atoms with Gasteiger partial charge in [-0.15, -0.1) is 0 Å². The summed E-state index contributed by atoms with van der Waals surface area (Å²) in [6.45, 7) is 4.46. The van der Waals surface area contributed by atoms with E-state index in [9.17, 15) is 0 Å². The Kier molecular flexibility index (Phi) is 6.32. The Morgan fingerprint density at radius 3 is 1.19 bits per heavy atom. The molecule has 0 atom stereocenters.